The molecule has 1 unspecified atom stereocenters. The van der Waals surface area contributed by atoms with Gasteiger partial charge in [0.1, 0.15) is 6.04 Å². The molecular weight excluding hydrogens is 460 g/mol. The molecule has 1 saturated carbocycles. The quantitative estimate of drug-likeness (QED) is 0.269. The molecule has 0 saturated heterocycles. The van der Waals surface area contributed by atoms with E-state index < -0.39 is 17.6 Å². The Morgan fingerprint density at radius 1 is 0.838 bits per heavy atom. The van der Waals surface area contributed by atoms with E-state index in [-0.39, 0.29) is 18.1 Å². The summed E-state index contributed by atoms with van der Waals surface area (Å²) in [6, 6.07) is 25.3. The summed E-state index contributed by atoms with van der Waals surface area (Å²) in [5, 5.41) is 14.7. The summed E-state index contributed by atoms with van der Waals surface area (Å²) in [5.41, 5.74) is 5.14. The number of fused-ring (bicyclic) bond motifs is 3. The first-order valence-corrected chi connectivity index (χ1v) is 13.3. The van der Waals surface area contributed by atoms with Crippen LogP contribution in [0.2, 0.25) is 0 Å². The summed E-state index contributed by atoms with van der Waals surface area (Å²) in [6.07, 6.45) is 5.98. The van der Waals surface area contributed by atoms with Crippen molar-refractivity contribution in [3.63, 3.8) is 0 Å². The zero-order chi connectivity index (χ0) is 25.4. The second-order valence-corrected chi connectivity index (χ2v) is 10.6. The van der Waals surface area contributed by atoms with Crippen molar-refractivity contribution in [2.24, 2.45) is 5.92 Å². The summed E-state index contributed by atoms with van der Waals surface area (Å²) < 4.78 is 0. The third-order valence-corrected chi connectivity index (χ3v) is 8.45. The largest absolute Gasteiger partial charge is 0.480 e. The molecule has 0 spiro atoms. The first kappa shape index (κ1) is 23.7. The number of carboxylic acid groups (broad SMARTS) is 1. The first-order valence-electron chi connectivity index (χ1n) is 13.3. The number of hydrogen-bond acceptors (Lipinski definition) is 3. The van der Waals surface area contributed by atoms with Crippen molar-refractivity contribution in [3.05, 3.63) is 95.7 Å². The van der Waals surface area contributed by atoms with E-state index in [0.29, 0.717) is 12.0 Å². The minimum absolute atomic E-state index is 0.0355. The van der Waals surface area contributed by atoms with Crippen molar-refractivity contribution >= 4 is 22.7 Å². The number of aromatic nitrogens is 1. The standard InChI is InChI=1S/C32H32N2O3/c35-29(23-17-15-22(16-18-23)21-9-3-1-4-10-21)20-32(24-11-5-2-6-12-24)30-26(19-28(34-32)31(36)37)25-13-7-8-14-27(25)33-30/h1,3-4,7-10,13-18,24,28,33-34H,2,5-6,11-12,19-20H2,(H,36,37)/t28?,32-/m0/s1. The number of carbonyl (C=O) groups excluding carboxylic acids is 1. The highest BCUT2D eigenvalue weighted by Crippen LogP contribution is 2.47. The molecule has 1 aliphatic heterocycles. The number of para-hydroxylation sites is 1. The second-order valence-electron chi connectivity index (χ2n) is 10.6. The van der Waals surface area contributed by atoms with Crippen LogP contribution in [0.25, 0.3) is 22.0 Å². The lowest BCUT2D eigenvalue weighted by atomic mass is 9.66. The third-order valence-electron chi connectivity index (χ3n) is 8.45. The maximum atomic E-state index is 13.9. The molecule has 0 radical (unpaired) electrons. The number of Topliss-reactive ketones (excluding diaryl/α,β-unsaturated/α-hetero) is 1. The van der Waals surface area contributed by atoms with Gasteiger partial charge < -0.3 is 10.1 Å². The smallest absolute Gasteiger partial charge is 0.321 e. The van der Waals surface area contributed by atoms with E-state index in [4.69, 9.17) is 0 Å². The third kappa shape index (κ3) is 4.27. The Bertz CT molecular complexity index is 1430. The van der Waals surface area contributed by atoms with Gasteiger partial charge in [-0.25, -0.2) is 0 Å². The van der Waals surface area contributed by atoms with Crippen LogP contribution < -0.4 is 5.32 Å². The number of rotatable bonds is 6. The van der Waals surface area contributed by atoms with E-state index in [1.54, 1.807) is 0 Å². The lowest BCUT2D eigenvalue weighted by molar-refractivity contribution is -0.140. The molecule has 2 atom stereocenters. The highest BCUT2D eigenvalue weighted by Gasteiger charge is 2.50. The van der Waals surface area contributed by atoms with Crippen molar-refractivity contribution in [1.82, 2.24) is 10.3 Å². The molecule has 5 nitrogen and oxygen atoms in total. The average Bonchev–Trinajstić information content (AvgIpc) is 3.33. The number of H-pyrrole nitrogens is 1. The molecule has 5 heteroatoms. The minimum Gasteiger partial charge on any atom is -0.480 e. The van der Waals surface area contributed by atoms with E-state index in [0.717, 1.165) is 59.0 Å². The summed E-state index contributed by atoms with van der Waals surface area (Å²) in [4.78, 5) is 29.9. The molecule has 37 heavy (non-hydrogen) atoms. The van der Waals surface area contributed by atoms with Crippen molar-refractivity contribution in [2.45, 2.75) is 56.5 Å². The molecule has 2 aliphatic rings. The van der Waals surface area contributed by atoms with Crippen LogP contribution in [0.15, 0.2) is 78.9 Å². The van der Waals surface area contributed by atoms with Gasteiger partial charge in [0.2, 0.25) is 0 Å². The van der Waals surface area contributed by atoms with Crippen molar-refractivity contribution in [1.29, 1.82) is 0 Å². The Labute approximate surface area is 216 Å². The summed E-state index contributed by atoms with van der Waals surface area (Å²) in [5.74, 6) is -0.646. The predicted octanol–water partition coefficient (Wildman–Crippen LogP) is 6.48. The molecule has 0 amide bonds. The predicted molar refractivity (Wildman–Crippen MR) is 146 cm³/mol. The number of hydrogen-bond donors (Lipinski definition) is 3. The number of carboxylic acids is 1. The van der Waals surface area contributed by atoms with E-state index in [9.17, 15) is 14.7 Å². The van der Waals surface area contributed by atoms with Crippen LogP contribution in [0.3, 0.4) is 0 Å². The van der Waals surface area contributed by atoms with Gasteiger partial charge >= 0.3 is 5.97 Å². The summed E-state index contributed by atoms with van der Waals surface area (Å²) >= 11 is 0. The molecule has 3 aromatic carbocycles. The molecule has 1 fully saturated rings. The van der Waals surface area contributed by atoms with E-state index in [1.165, 1.54) is 6.42 Å². The maximum absolute atomic E-state index is 13.9. The molecule has 3 N–H and O–H groups in total. The Morgan fingerprint density at radius 2 is 1.51 bits per heavy atom. The minimum atomic E-state index is -0.865. The van der Waals surface area contributed by atoms with Gasteiger partial charge in [-0.15, -0.1) is 0 Å². The Hall–Kier alpha value is -3.70. The number of carbonyl (C=O) groups is 2. The topological polar surface area (TPSA) is 82.2 Å². The van der Waals surface area contributed by atoms with Crippen LogP contribution in [0.5, 0.6) is 0 Å². The van der Waals surface area contributed by atoms with Gasteiger partial charge in [0.15, 0.2) is 5.78 Å². The molecule has 1 aliphatic carbocycles. The number of ketones is 1. The Morgan fingerprint density at radius 3 is 2.24 bits per heavy atom. The van der Waals surface area contributed by atoms with Crippen LogP contribution >= 0.6 is 0 Å². The second kappa shape index (κ2) is 9.64. The van der Waals surface area contributed by atoms with Gasteiger partial charge in [0, 0.05) is 35.0 Å². The lowest BCUT2D eigenvalue weighted by Gasteiger charge is -2.47. The monoisotopic (exact) mass is 492 g/mol. The molecule has 2 heterocycles. The molecule has 4 aromatic rings. The van der Waals surface area contributed by atoms with E-state index in [1.807, 2.05) is 60.7 Å². The first-order chi connectivity index (χ1) is 18.0. The maximum Gasteiger partial charge on any atom is 0.321 e. The lowest BCUT2D eigenvalue weighted by Crippen LogP contribution is -2.60. The fraction of sp³-hybridized carbons (Fsp3) is 0.312. The van der Waals surface area contributed by atoms with Crippen LogP contribution in [0.1, 0.15) is 60.1 Å². The van der Waals surface area contributed by atoms with Crippen LogP contribution in [-0.4, -0.2) is 27.9 Å². The van der Waals surface area contributed by atoms with Crippen LogP contribution in [0, 0.1) is 5.92 Å². The van der Waals surface area contributed by atoms with Crippen molar-refractivity contribution in [2.75, 3.05) is 0 Å². The van der Waals surface area contributed by atoms with Gasteiger partial charge in [0.05, 0.1) is 5.54 Å². The zero-order valence-corrected chi connectivity index (χ0v) is 20.9. The highest BCUT2D eigenvalue weighted by atomic mass is 16.4. The highest BCUT2D eigenvalue weighted by molar-refractivity contribution is 5.98. The Kier molecular flexibility index (Phi) is 6.17. The van der Waals surface area contributed by atoms with E-state index >= 15 is 0 Å². The average molecular weight is 493 g/mol. The van der Waals surface area contributed by atoms with Gasteiger partial charge in [-0.05, 0) is 41.5 Å². The van der Waals surface area contributed by atoms with Gasteiger partial charge in [-0.1, -0.05) is 92.1 Å². The fourth-order valence-corrected chi connectivity index (χ4v) is 6.62. The number of benzene rings is 3. The number of aliphatic carboxylic acids is 1. The normalized spacial score (nSPS) is 22.0. The molecule has 1 aromatic heterocycles. The number of nitrogens with one attached hydrogen (secondary N) is 2. The van der Waals surface area contributed by atoms with Gasteiger partial charge in [0.25, 0.3) is 0 Å². The molecule has 188 valence electrons. The number of aromatic amines is 1. The van der Waals surface area contributed by atoms with Crippen molar-refractivity contribution in [3.8, 4) is 11.1 Å². The summed E-state index contributed by atoms with van der Waals surface area (Å²) in [6.45, 7) is 0. The molecule has 0 bridgehead atoms. The van der Waals surface area contributed by atoms with Crippen molar-refractivity contribution < 1.29 is 14.7 Å². The van der Waals surface area contributed by atoms with Gasteiger partial charge in [-0.3, -0.25) is 14.9 Å². The van der Waals surface area contributed by atoms with Crippen LogP contribution in [-0.2, 0) is 16.8 Å². The Balaban J connectivity index is 1.42. The summed E-state index contributed by atoms with van der Waals surface area (Å²) in [7, 11) is 0. The van der Waals surface area contributed by atoms with Gasteiger partial charge in [-0.2, -0.15) is 0 Å². The zero-order valence-electron chi connectivity index (χ0n) is 20.9. The van der Waals surface area contributed by atoms with Crippen LogP contribution in [0.4, 0.5) is 0 Å². The molecule has 6 rings (SSSR count). The van der Waals surface area contributed by atoms with E-state index in [2.05, 4.69) is 28.5 Å². The molecular formula is C32H32N2O3. The SMILES string of the molecule is O=C(C[C@@]1(C2CCCCC2)NC(C(=O)O)Cc2c1[nH]c1ccccc21)c1ccc(-c2ccccc2)cc1. The fourth-order valence-electron chi connectivity index (χ4n) is 6.62.